The number of nitrogens with zero attached hydrogens (tertiary/aromatic N) is 1. The summed E-state index contributed by atoms with van der Waals surface area (Å²) in [5, 5.41) is 4.62. The zero-order valence-corrected chi connectivity index (χ0v) is 13.4. The van der Waals surface area contributed by atoms with Gasteiger partial charge in [0.1, 0.15) is 0 Å². The van der Waals surface area contributed by atoms with Crippen LogP contribution in [-0.2, 0) is 23.3 Å². The fourth-order valence-corrected chi connectivity index (χ4v) is 2.77. The maximum atomic E-state index is 5.15. The highest BCUT2D eigenvalue weighted by Crippen LogP contribution is 2.27. The van der Waals surface area contributed by atoms with Crippen LogP contribution in [0.1, 0.15) is 36.2 Å². The van der Waals surface area contributed by atoms with Gasteiger partial charge in [0, 0.05) is 29.3 Å². The Kier molecular flexibility index (Phi) is 4.78. The summed E-state index contributed by atoms with van der Waals surface area (Å²) in [4.78, 5) is 5.76. The molecule has 1 aromatic carbocycles. The first-order valence-electron chi connectivity index (χ1n) is 6.76. The van der Waals surface area contributed by atoms with E-state index in [0.717, 1.165) is 12.2 Å². The highest BCUT2D eigenvalue weighted by Gasteiger charge is 2.17. The van der Waals surface area contributed by atoms with Crippen molar-refractivity contribution in [3.63, 3.8) is 0 Å². The van der Waals surface area contributed by atoms with Gasteiger partial charge >= 0.3 is 0 Å². The molecular formula is C16H22N2OS. The molecule has 1 heterocycles. The summed E-state index contributed by atoms with van der Waals surface area (Å²) in [5.74, 6) is 0. The maximum Gasteiger partial charge on any atom is 0.0981 e. The molecule has 1 N–H and O–H groups in total. The Morgan fingerprint density at radius 1 is 1.30 bits per heavy atom. The molecule has 0 fully saturated rings. The van der Waals surface area contributed by atoms with E-state index in [4.69, 9.17) is 4.74 Å². The summed E-state index contributed by atoms with van der Waals surface area (Å²) in [6.45, 7) is 8.03. The van der Waals surface area contributed by atoms with E-state index in [0.29, 0.717) is 6.61 Å². The van der Waals surface area contributed by atoms with Gasteiger partial charge in [-0.05, 0) is 17.7 Å². The van der Waals surface area contributed by atoms with Gasteiger partial charge in [-0.2, -0.15) is 0 Å². The van der Waals surface area contributed by atoms with Crippen LogP contribution in [0, 0.1) is 0 Å². The normalized spacial score (nSPS) is 11.6. The number of hydrogen-bond acceptors (Lipinski definition) is 4. The van der Waals surface area contributed by atoms with Crippen LogP contribution in [0.5, 0.6) is 0 Å². The molecule has 0 atom stereocenters. The lowest BCUT2D eigenvalue weighted by atomic mass is 9.98. The van der Waals surface area contributed by atoms with Crippen molar-refractivity contribution in [3.8, 4) is 0 Å². The Bertz CT molecular complexity index is 558. The van der Waals surface area contributed by atoms with Gasteiger partial charge in [-0.3, -0.25) is 0 Å². The van der Waals surface area contributed by atoms with Gasteiger partial charge in [-0.15, -0.1) is 11.3 Å². The van der Waals surface area contributed by atoms with E-state index in [2.05, 4.69) is 49.3 Å². The Morgan fingerprint density at radius 2 is 2.10 bits per heavy atom. The molecule has 4 heteroatoms. The third kappa shape index (κ3) is 4.05. The van der Waals surface area contributed by atoms with Crippen LogP contribution in [0.25, 0.3) is 0 Å². The van der Waals surface area contributed by atoms with E-state index in [-0.39, 0.29) is 5.41 Å². The van der Waals surface area contributed by atoms with Crippen molar-refractivity contribution >= 4 is 17.0 Å². The molecule has 0 radical (unpaired) electrons. The van der Waals surface area contributed by atoms with E-state index in [9.17, 15) is 0 Å². The van der Waals surface area contributed by atoms with Crippen molar-refractivity contribution in [2.24, 2.45) is 0 Å². The molecule has 0 unspecified atom stereocenters. The summed E-state index contributed by atoms with van der Waals surface area (Å²) < 4.78 is 5.15. The second-order valence-corrected chi connectivity index (χ2v) is 6.98. The predicted octanol–water partition coefficient (Wildman–Crippen LogP) is 4.20. The highest BCUT2D eigenvalue weighted by atomic mass is 32.1. The van der Waals surface area contributed by atoms with Crippen LogP contribution in [0.3, 0.4) is 0 Å². The van der Waals surface area contributed by atoms with Gasteiger partial charge in [0.05, 0.1) is 18.2 Å². The van der Waals surface area contributed by atoms with Gasteiger partial charge in [0.15, 0.2) is 0 Å². The predicted molar refractivity (Wildman–Crippen MR) is 85.3 cm³/mol. The average molecular weight is 290 g/mol. The lowest BCUT2D eigenvalue weighted by Gasteiger charge is -2.13. The SMILES string of the molecule is COCc1cccc(NCc2cnc(C(C)(C)C)s2)c1. The van der Waals surface area contributed by atoms with Crippen molar-refractivity contribution in [3.05, 3.63) is 45.9 Å². The summed E-state index contributed by atoms with van der Waals surface area (Å²) in [6.07, 6.45) is 1.97. The first-order chi connectivity index (χ1) is 9.49. The Balaban J connectivity index is 1.98. The van der Waals surface area contributed by atoms with Gasteiger partial charge in [0.25, 0.3) is 0 Å². The molecule has 0 spiro atoms. The number of benzene rings is 1. The van der Waals surface area contributed by atoms with Crippen LogP contribution in [0.15, 0.2) is 30.5 Å². The van der Waals surface area contributed by atoms with Gasteiger partial charge in [-0.1, -0.05) is 32.9 Å². The van der Waals surface area contributed by atoms with Crippen LogP contribution < -0.4 is 5.32 Å². The molecule has 3 nitrogen and oxygen atoms in total. The minimum absolute atomic E-state index is 0.126. The molecule has 0 saturated heterocycles. The Morgan fingerprint density at radius 3 is 2.75 bits per heavy atom. The van der Waals surface area contributed by atoms with E-state index in [1.165, 1.54) is 15.4 Å². The third-order valence-corrected chi connectivity index (χ3v) is 4.32. The zero-order chi connectivity index (χ0) is 14.6. The summed E-state index contributed by atoms with van der Waals surface area (Å²) in [5.41, 5.74) is 2.42. The van der Waals surface area contributed by atoms with Crippen LogP contribution in [0.2, 0.25) is 0 Å². The fraction of sp³-hybridized carbons (Fsp3) is 0.438. The molecular weight excluding hydrogens is 268 g/mol. The van der Waals surface area contributed by atoms with E-state index in [1.54, 1.807) is 18.4 Å². The average Bonchev–Trinajstić information content (AvgIpc) is 2.86. The summed E-state index contributed by atoms with van der Waals surface area (Å²) >= 11 is 1.78. The second kappa shape index (κ2) is 6.37. The number of nitrogens with one attached hydrogen (secondary N) is 1. The maximum absolute atomic E-state index is 5.15. The van der Waals surface area contributed by atoms with Gasteiger partial charge < -0.3 is 10.1 Å². The smallest absolute Gasteiger partial charge is 0.0981 e. The third-order valence-electron chi connectivity index (χ3n) is 2.90. The summed E-state index contributed by atoms with van der Waals surface area (Å²) in [7, 11) is 1.71. The number of anilines is 1. The number of rotatable bonds is 5. The first kappa shape index (κ1) is 15.0. The molecule has 2 aromatic rings. The molecule has 0 amide bonds. The standard InChI is InChI=1S/C16H22N2OS/c1-16(2,3)15-18-10-14(20-15)9-17-13-7-5-6-12(8-13)11-19-4/h5-8,10,17H,9,11H2,1-4H3. The van der Waals surface area contributed by atoms with E-state index in [1.807, 2.05) is 12.3 Å². The zero-order valence-electron chi connectivity index (χ0n) is 12.6. The monoisotopic (exact) mass is 290 g/mol. The number of methoxy groups -OCH3 is 1. The van der Waals surface area contributed by atoms with Crippen LogP contribution in [0.4, 0.5) is 5.69 Å². The van der Waals surface area contributed by atoms with Gasteiger partial charge in [0.2, 0.25) is 0 Å². The Labute approximate surface area is 125 Å². The lowest BCUT2D eigenvalue weighted by molar-refractivity contribution is 0.185. The molecule has 0 aliphatic carbocycles. The van der Waals surface area contributed by atoms with E-state index >= 15 is 0 Å². The molecule has 2 rings (SSSR count). The second-order valence-electron chi connectivity index (χ2n) is 5.87. The molecule has 1 aromatic heterocycles. The molecule has 0 saturated carbocycles. The van der Waals surface area contributed by atoms with Crippen molar-refractivity contribution in [2.45, 2.75) is 39.3 Å². The van der Waals surface area contributed by atoms with E-state index < -0.39 is 0 Å². The number of ether oxygens (including phenoxy) is 1. The van der Waals surface area contributed by atoms with Crippen molar-refractivity contribution in [2.75, 3.05) is 12.4 Å². The molecule has 0 aliphatic rings. The molecule has 0 aliphatic heterocycles. The van der Waals surface area contributed by atoms with Crippen LogP contribution in [-0.4, -0.2) is 12.1 Å². The van der Waals surface area contributed by atoms with Crippen LogP contribution >= 0.6 is 11.3 Å². The van der Waals surface area contributed by atoms with Crippen molar-refractivity contribution in [1.82, 2.24) is 4.98 Å². The number of hydrogen-bond donors (Lipinski definition) is 1. The Hall–Kier alpha value is -1.39. The largest absolute Gasteiger partial charge is 0.380 e. The number of aromatic nitrogens is 1. The fourth-order valence-electron chi connectivity index (χ4n) is 1.86. The molecule has 20 heavy (non-hydrogen) atoms. The topological polar surface area (TPSA) is 34.1 Å². The first-order valence-corrected chi connectivity index (χ1v) is 7.57. The van der Waals surface area contributed by atoms with Crippen molar-refractivity contribution in [1.29, 1.82) is 0 Å². The highest BCUT2D eigenvalue weighted by molar-refractivity contribution is 7.11. The van der Waals surface area contributed by atoms with Gasteiger partial charge in [-0.25, -0.2) is 4.98 Å². The lowest BCUT2D eigenvalue weighted by Crippen LogP contribution is -2.09. The summed E-state index contributed by atoms with van der Waals surface area (Å²) in [6, 6.07) is 8.31. The van der Waals surface area contributed by atoms with Crippen molar-refractivity contribution < 1.29 is 4.74 Å². The minimum Gasteiger partial charge on any atom is -0.380 e. The quantitative estimate of drug-likeness (QED) is 0.896. The molecule has 0 bridgehead atoms. The molecule has 108 valence electrons. The minimum atomic E-state index is 0.126. The number of thiazole rings is 1.